The van der Waals surface area contributed by atoms with Crippen molar-refractivity contribution in [1.29, 1.82) is 0 Å². The van der Waals surface area contributed by atoms with Crippen LogP contribution in [0.3, 0.4) is 0 Å². The Morgan fingerprint density at radius 1 is 0.667 bits per heavy atom. The molecule has 0 fully saturated rings. The van der Waals surface area contributed by atoms with Gasteiger partial charge in [0.1, 0.15) is 11.5 Å². The molecule has 12 heteroatoms. The zero-order valence-corrected chi connectivity index (χ0v) is 23.7. The molecular formula is C33H24N2O10. The monoisotopic (exact) mass is 608 g/mol. The number of hydrogen-bond donors (Lipinski definition) is 5. The Morgan fingerprint density at radius 3 is 1.76 bits per heavy atom. The van der Waals surface area contributed by atoms with E-state index in [2.05, 4.69) is 15.4 Å². The molecule has 2 amide bonds. The fraction of sp³-hybridized carbons (Fsp3) is 0.121. The van der Waals surface area contributed by atoms with Gasteiger partial charge in [0.15, 0.2) is 0 Å². The van der Waals surface area contributed by atoms with Gasteiger partial charge in [-0.05, 0) is 65.7 Å². The Labute approximate surface area is 254 Å². The SMILES string of the molecule is CC(C)(c1ccc(O)c(NC(=O)c2ccc3c(c2)C(=O)OC3=O)c1)c1ccc(O)c(NC(=O)c2ccc3c(c2)C(=O)OC3O)c1. The summed E-state index contributed by atoms with van der Waals surface area (Å²) in [4.78, 5) is 61.7. The van der Waals surface area contributed by atoms with Crippen molar-refractivity contribution in [3.05, 3.63) is 117 Å². The van der Waals surface area contributed by atoms with E-state index in [1.165, 1.54) is 48.5 Å². The molecule has 0 bridgehead atoms. The molecule has 0 saturated heterocycles. The van der Waals surface area contributed by atoms with Crippen molar-refractivity contribution in [2.45, 2.75) is 25.6 Å². The lowest BCUT2D eigenvalue weighted by atomic mass is 9.77. The number of phenols is 2. The van der Waals surface area contributed by atoms with Crippen molar-refractivity contribution in [3.63, 3.8) is 0 Å². The molecule has 4 aromatic carbocycles. The Kier molecular flexibility index (Phi) is 6.86. The number of aliphatic hydroxyl groups excluding tert-OH is 1. The van der Waals surface area contributed by atoms with Crippen molar-refractivity contribution >= 4 is 41.1 Å². The summed E-state index contributed by atoms with van der Waals surface area (Å²) in [5.74, 6) is -4.08. The molecule has 12 nitrogen and oxygen atoms in total. The smallest absolute Gasteiger partial charge is 0.346 e. The third-order valence-electron chi connectivity index (χ3n) is 7.86. The molecule has 0 radical (unpaired) electrons. The fourth-order valence-electron chi connectivity index (χ4n) is 5.15. The van der Waals surface area contributed by atoms with Crippen LogP contribution in [-0.2, 0) is 14.9 Å². The number of ether oxygens (including phenoxy) is 2. The van der Waals surface area contributed by atoms with E-state index in [0.717, 1.165) is 0 Å². The molecule has 226 valence electrons. The minimum absolute atomic E-state index is 0.0283. The number of rotatable bonds is 6. The van der Waals surface area contributed by atoms with Gasteiger partial charge in [-0.15, -0.1) is 0 Å². The van der Waals surface area contributed by atoms with Crippen molar-refractivity contribution in [2.24, 2.45) is 0 Å². The Hall–Kier alpha value is -6.01. The number of carbonyl (C=O) groups is 5. The lowest BCUT2D eigenvalue weighted by Gasteiger charge is -2.27. The number of aromatic hydroxyl groups is 2. The second kappa shape index (κ2) is 10.6. The number of nitrogens with one attached hydrogen (secondary N) is 2. The third-order valence-corrected chi connectivity index (χ3v) is 7.86. The van der Waals surface area contributed by atoms with Gasteiger partial charge in [0.05, 0.1) is 28.1 Å². The average Bonchev–Trinajstić information content (AvgIpc) is 3.46. The zero-order valence-electron chi connectivity index (χ0n) is 23.7. The molecule has 1 atom stereocenters. The highest BCUT2D eigenvalue weighted by atomic mass is 16.6. The van der Waals surface area contributed by atoms with E-state index >= 15 is 0 Å². The van der Waals surface area contributed by atoms with Crippen LogP contribution in [0.1, 0.15) is 88.6 Å². The van der Waals surface area contributed by atoms with Gasteiger partial charge in [-0.25, -0.2) is 14.4 Å². The average molecular weight is 609 g/mol. The van der Waals surface area contributed by atoms with Crippen LogP contribution in [0.5, 0.6) is 11.5 Å². The van der Waals surface area contributed by atoms with Crippen molar-refractivity contribution in [3.8, 4) is 11.5 Å². The number of hydrogen-bond acceptors (Lipinski definition) is 10. The largest absolute Gasteiger partial charge is 0.506 e. The van der Waals surface area contributed by atoms with Crippen LogP contribution in [0.25, 0.3) is 0 Å². The molecule has 0 aliphatic carbocycles. The molecule has 2 aliphatic rings. The van der Waals surface area contributed by atoms with Crippen molar-refractivity contribution in [1.82, 2.24) is 0 Å². The Balaban J connectivity index is 1.24. The highest BCUT2D eigenvalue weighted by Gasteiger charge is 2.32. The Morgan fingerprint density at radius 2 is 1.18 bits per heavy atom. The first kappa shape index (κ1) is 29.1. The van der Waals surface area contributed by atoms with E-state index in [0.29, 0.717) is 11.1 Å². The first-order valence-electron chi connectivity index (χ1n) is 13.6. The predicted octanol–water partition coefficient (Wildman–Crippen LogP) is 4.40. The molecule has 6 rings (SSSR count). The lowest BCUT2D eigenvalue weighted by molar-refractivity contribution is -0.0548. The van der Waals surface area contributed by atoms with Crippen LogP contribution in [0, 0.1) is 0 Å². The van der Waals surface area contributed by atoms with Crippen LogP contribution in [0.2, 0.25) is 0 Å². The fourth-order valence-corrected chi connectivity index (χ4v) is 5.15. The first-order valence-corrected chi connectivity index (χ1v) is 13.6. The molecular weight excluding hydrogens is 584 g/mol. The summed E-state index contributed by atoms with van der Waals surface area (Å²) in [5, 5.41) is 36.1. The molecule has 45 heavy (non-hydrogen) atoms. The summed E-state index contributed by atoms with van der Waals surface area (Å²) in [5.41, 5.74) is 1.22. The summed E-state index contributed by atoms with van der Waals surface area (Å²) in [6.45, 7) is 3.73. The molecule has 0 saturated carbocycles. The van der Waals surface area contributed by atoms with Crippen molar-refractivity contribution < 1.29 is 48.8 Å². The number of cyclic esters (lactones) is 3. The van der Waals surface area contributed by atoms with Crippen LogP contribution in [-0.4, -0.2) is 45.0 Å². The number of esters is 3. The van der Waals surface area contributed by atoms with Gasteiger partial charge < -0.3 is 35.4 Å². The molecule has 0 aromatic heterocycles. The minimum Gasteiger partial charge on any atom is -0.506 e. The maximum atomic E-state index is 13.0. The van der Waals surface area contributed by atoms with Gasteiger partial charge in [-0.2, -0.15) is 0 Å². The molecule has 0 spiro atoms. The van der Waals surface area contributed by atoms with E-state index < -0.39 is 41.4 Å². The van der Waals surface area contributed by atoms with Crippen LogP contribution in [0.4, 0.5) is 11.4 Å². The molecule has 1 unspecified atom stereocenters. The third kappa shape index (κ3) is 5.12. The van der Waals surface area contributed by atoms with Gasteiger partial charge in [0, 0.05) is 22.1 Å². The lowest BCUT2D eigenvalue weighted by Crippen LogP contribution is -2.21. The van der Waals surface area contributed by atoms with E-state index in [1.54, 1.807) is 24.3 Å². The number of amides is 2. The second-order valence-corrected chi connectivity index (χ2v) is 11.0. The number of anilines is 2. The number of benzene rings is 4. The predicted molar refractivity (Wildman–Crippen MR) is 157 cm³/mol. The normalized spacial score (nSPS) is 15.2. The topological polar surface area (TPSA) is 189 Å². The molecule has 2 heterocycles. The van der Waals surface area contributed by atoms with Crippen molar-refractivity contribution in [2.75, 3.05) is 10.6 Å². The van der Waals surface area contributed by atoms with Crippen LogP contribution >= 0.6 is 0 Å². The van der Waals surface area contributed by atoms with Crippen LogP contribution in [0.15, 0.2) is 72.8 Å². The summed E-state index contributed by atoms with van der Waals surface area (Å²) in [7, 11) is 0. The summed E-state index contributed by atoms with van der Waals surface area (Å²) in [6.07, 6.45) is -1.40. The van der Waals surface area contributed by atoms with Gasteiger partial charge in [-0.3, -0.25) is 9.59 Å². The van der Waals surface area contributed by atoms with Gasteiger partial charge in [0.2, 0.25) is 6.29 Å². The molecule has 4 aromatic rings. The number of fused-ring (bicyclic) bond motifs is 2. The first-order chi connectivity index (χ1) is 21.3. The van der Waals surface area contributed by atoms with E-state index in [4.69, 9.17) is 4.74 Å². The van der Waals surface area contributed by atoms with E-state index in [1.807, 2.05) is 13.8 Å². The van der Waals surface area contributed by atoms with Gasteiger partial charge >= 0.3 is 17.9 Å². The maximum absolute atomic E-state index is 13.0. The van der Waals surface area contributed by atoms with E-state index in [9.17, 15) is 39.3 Å². The minimum atomic E-state index is -1.40. The van der Waals surface area contributed by atoms with Gasteiger partial charge in [0.25, 0.3) is 11.8 Å². The van der Waals surface area contributed by atoms with E-state index in [-0.39, 0.29) is 56.3 Å². The summed E-state index contributed by atoms with van der Waals surface area (Å²) in [6, 6.07) is 17.4. The molecule has 2 aliphatic heterocycles. The highest BCUT2D eigenvalue weighted by Crippen LogP contribution is 2.39. The second-order valence-electron chi connectivity index (χ2n) is 11.0. The highest BCUT2D eigenvalue weighted by molar-refractivity contribution is 6.16. The summed E-state index contributed by atoms with van der Waals surface area (Å²) < 4.78 is 9.33. The molecule has 5 N–H and O–H groups in total. The number of aliphatic hydroxyl groups is 1. The maximum Gasteiger partial charge on any atom is 0.346 e. The van der Waals surface area contributed by atoms with Crippen LogP contribution < -0.4 is 10.6 Å². The quantitative estimate of drug-likeness (QED) is 0.119. The number of carbonyl (C=O) groups excluding carboxylic acids is 5. The standard InChI is InChI=1S/C33H24N2O10/c1-33(2,17-5-9-25(36)23(13-17)34-27(38)15-3-7-19-21(11-15)31(42)44-29(19)40)18-6-10-26(37)24(14-18)35-28(39)16-4-8-20-22(12-16)32(43)45-30(20)41/h3-14,29,36-37,40H,1-2H3,(H,34,38)(H,35,39). The number of phenolic OH excluding ortho intramolecular Hbond substituents is 2. The van der Waals surface area contributed by atoms with Gasteiger partial charge in [-0.1, -0.05) is 32.0 Å². The zero-order chi connectivity index (χ0) is 32.2. The summed E-state index contributed by atoms with van der Waals surface area (Å²) >= 11 is 0. The Bertz CT molecular complexity index is 1980.